The van der Waals surface area contributed by atoms with Gasteiger partial charge in [0, 0.05) is 54.6 Å². The number of anilines is 2. The number of aliphatic hydroxyl groups excluding tert-OH is 2. The number of rotatable bonds is 20. The molecule has 7 rings (SSSR count). The number of carbonyl (C=O) groups excluding carboxylic acids is 4. The Morgan fingerprint density at radius 2 is 1.63 bits per heavy atom. The second-order valence-electron chi connectivity index (χ2n) is 20.0. The monoisotopic (exact) mass is 960 g/mol. The highest BCUT2D eigenvalue weighted by Crippen LogP contribution is 2.44. The van der Waals surface area contributed by atoms with E-state index in [0.29, 0.717) is 60.0 Å². The molecule has 3 N–H and O–H groups in total. The van der Waals surface area contributed by atoms with Gasteiger partial charge in [-0.15, -0.1) is 0 Å². The normalized spacial score (nSPS) is 19.7. The first kappa shape index (κ1) is 51.5. The largest absolute Gasteiger partial charge is 0.493 e. The van der Waals surface area contributed by atoms with Crippen LogP contribution in [0.3, 0.4) is 0 Å². The molecule has 2 fully saturated rings. The first-order chi connectivity index (χ1) is 33.4. The topological polar surface area (TPSA) is 189 Å². The van der Waals surface area contributed by atoms with Crippen LogP contribution >= 0.6 is 0 Å². The maximum atomic E-state index is 14.2. The first-order valence-corrected chi connectivity index (χ1v) is 24.1. The number of nitrogens with zero attached hydrogens (tertiary/aromatic N) is 4. The molecule has 17 heteroatoms. The Bertz CT molecular complexity index is 2520. The molecule has 0 aromatic heterocycles. The molecule has 3 aromatic rings. The average Bonchev–Trinajstić information content (AvgIpc) is 3.90. The van der Waals surface area contributed by atoms with Crippen molar-refractivity contribution in [3.05, 3.63) is 89.0 Å². The summed E-state index contributed by atoms with van der Waals surface area (Å²) in [4.78, 5) is 63.9. The van der Waals surface area contributed by atoms with E-state index in [9.17, 15) is 29.4 Å². The van der Waals surface area contributed by atoms with Gasteiger partial charge >= 0.3 is 13.5 Å². The summed E-state index contributed by atoms with van der Waals surface area (Å²) in [6, 6.07) is 12.7. The molecule has 3 aromatic carbocycles. The zero-order chi connectivity index (χ0) is 50.5. The minimum atomic E-state index is -1.47. The Morgan fingerprint density at radius 3 is 2.31 bits per heavy atom. The summed E-state index contributed by atoms with van der Waals surface area (Å²) in [5, 5.41) is 24.2. The van der Waals surface area contributed by atoms with Crippen LogP contribution in [0, 0.1) is 16.7 Å². The quantitative estimate of drug-likeness (QED) is 0.0731. The molecular formula is C53H67BN5O11. The Labute approximate surface area is 411 Å². The van der Waals surface area contributed by atoms with Crippen molar-refractivity contribution >= 4 is 54.3 Å². The fraction of sp³-hybridized carbons (Fsp3) is 0.491. The van der Waals surface area contributed by atoms with Crippen LogP contribution in [0.5, 0.6) is 23.0 Å². The molecule has 4 heterocycles. The lowest BCUT2D eigenvalue weighted by atomic mass is 9.69. The maximum Gasteiger partial charge on any atom is 0.416 e. The van der Waals surface area contributed by atoms with E-state index in [4.69, 9.17) is 28.7 Å². The molecule has 0 bridgehead atoms. The lowest BCUT2D eigenvalue weighted by Gasteiger charge is -2.32. The summed E-state index contributed by atoms with van der Waals surface area (Å²) in [6.45, 7) is 17.2. The van der Waals surface area contributed by atoms with Gasteiger partial charge in [0.1, 0.15) is 12.3 Å². The molecule has 0 aliphatic carbocycles. The summed E-state index contributed by atoms with van der Waals surface area (Å²) in [5.41, 5.74) is 3.28. The number of nitrogens with one attached hydrogen (secondary N) is 1. The number of carbonyl (C=O) groups is 4. The van der Waals surface area contributed by atoms with Crippen molar-refractivity contribution < 1.29 is 53.1 Å². The van der Waals surface area contributed by atoms with E-state index in [0.717, 1.165) is 29.7 Å². The minimum Gasteiger partial charge on any atom is -0.493 e. The van der Waals surface area contributed by atoms with Crippen LogP contribution in [0.15, 0.2) is 77.3 Å². The molecule has 16 nitrogen and oxygen atoms in total. The van der Waals surface area contributed by atoms with Gasteiger partial charge in [-0.3, -0.25) is 14.6 Å². The van der Waals surface area contributed by atoms with E-state index in [1.165, 1.54) is 37.1 Å². The number of amides is 3. The van der Waals surface area contributed by atoms with E-state index in [1.54, 1.807) is 57.4 Å². The maximum absolute atomic E-state index is 14.2. The Morgan fingerprint density at radius 1 is 0.943 bits per heavy atom. The third-order valence-electron chi connectivity index (χ3n) is 14.1. The van der Waals surface area contributed by atoms with E-state index in [1.807, 2.05) is 11.1 Å². The first-order valence-electron chi connectivity index (χ1n) is 24.1. The van der Waals surface area contributed by atoms with Crippen LogP contribution in [0.4, 0.5) is 21.9 Å². The second kappa shape index (κ2) is 21.8. The van der Waals surface area contributed by atoms with Gasteiger partial charge in [-0.25, -0.2) is 9.69 Å². The van der Waals surface area contributed by atoms with Crippen molar-refractivity contribution in [3.8, 4) is 23.0 Å². The molecule has 4 aliphatic rings. The van der Waals surface area contributed by atoms with Crippen molar-refractivity contribution in [2.75, 3.05) is 57.3 Å². The zero-order valence-corrected chi connectivity index (χ0v) is 41.7. The van der Waals surface area contributed by atoms with Crippen molar-refractivity contribution in [1.29, 1.82) is 0 Å². The molecule has 3 amide bonds. The number of hydrogen-bond acceptors (Lipinski definition) is 13. The van der Waals surface area contributed by atoms with Gasteiger partial charge in [0.2, 0.25) is 0 Å². The Kier molecular flexibility index (Phi) is 16.0. The van der Waals surface area contributed by atoms with Crippen LogP contribution in [0.2, 0.25) is 0 Å². The van der Waals surface area contributed by atoms with Gasteiger partial charge in [-0.1, -0.05) is 83.9 Å². The van der Waals surface area contributed by atoms with Crippen LogP contribution in [0.1, 0.15) is 106 Å². The number of hydrogen-bond donors (Lipinski definition) is 3. The molecule has 4 atom stereocenters. The van der Waals surface area contributed by atoms with Crippen LogP contribution in [-0.4, -0.2) is 123 Å². The molecular weight excluding hydrogens is 893 g/mol. The van der Waals surface area contributed by atoms with Gasteiger partial charge in [0.15, 0.2) is 29.2 Å². The van der Waals surface area contributed by atoms with Gasteiger partial charge in [0.05, 0.1) is 62.0 Å². The fourth-order valence-electron chi connectivity index (χ4n) is 9.04. The molecule has 2 saturated heterocycles. The fourth-order valence-corrected chi connectivity index (χ4v) is 9.04. The average molecular weight is 961 g/mol. The van der Waals surface area contributed by atoms with Crippen molar-refractivity contribution in [1.82, 2.24) is 9.80 Å². The molecule has 70 heavy (non-hydrogen) atoms. The number of benzene rings is 3. The van der Waals surface area contributed by atoms with E-state index in [-0.39, 0.29) is 84.5 Å². The molecule has 1 radical (unpaired) electrons. The van der Waals surface area contributed by atoms with Crippen molar-refractivity contribution in [2.45, 2.75) is 105 Å². The second-order valence-corrected chi connectivity index (χ2v) is 20.0. The highest BCUT2D eigenvalue weighted by molar-refractivity contribution is 6.77. The summed E-state index contributed by atoms with van der Waals surface area (Å²) < 4.78 is 30.1. The summed E-state index contributed by atoms with van der Waals surface area (Å²) in [7, 11) is 4.40. The summed E-state index contributed by atoms with van der Waals surface area (Å²) in [5.74, 6) is 1.05. The SMILES string of the molecule is C=C1C[C@H]2[C@H](O)N(C(=O)OCc3ccc(N[B]C(=O)C(C)(C)CCO)cc3)c3cc(OCCC(C)C(C)(C)COc4cc5c(cc4OC)C(=O)N4C/C(=C/CCC)C[C@H]4C=N5)c(OC)cc3C(=O)N2C1. The standard InChI is InChI=1S/C53H67BN5O11/c1-10-11-12-35-22-37-27-55-40-25-45(43(66-8)23-38(40)47(61)57(37)29-35)70-31-53(6,7)33(3)17-20-68-46-26-41-39(24-44(46)67-9)48(62)58-28-32(2)21-42(58)49(63)59(41)51(65)69-30-34-13-15-36(16-14-34)56-54-50(64)52(4,5)18-19-60/h12-16,23-27,33,37,42,49,56,60,63H,2,10-11,17-22,28-31H2,1,3-9H3/b35-12+/t33?,37-,42-,49-/m0/s1. The molecule has 0 spiro atoms. The number of ether oxygens (including phenoxy) is 5. The van der Waals surface area contributed by atoms with E-state index in [2.05, 4.69) is 45.6 Å². The number of aliphatic imine (C=N–C) groups is 1. The van der Waals surface area contributed by atoms with E-state index >= 15 is 0 Å². The number of fused-ring (bicyclic) bond motifs is 4. The predicted molar refractivity (Wildman–Crippen MR) is 269 cm³/mol. The van der Waals surface area contributed by atoms with Crippen LogP contribution in [0.25, 0.3) is 0 Å². The molecule has 373 valence electrons. The third-order valence-corrected chi connectivity index (χ3v) is 14.1. The number of aliphatic hydroxyl groups is 2. The molecule has 1 unspecified atom stereocenters. The number of methoxy groups -OCH3 is 2. The highest BCUT2D eigenvalue weighted by atomic mass is 16.6. The smallest absolute Gasteiger partial charge is 0.416 e. The number of unbranched alkanes of at least 4 members (excludes halogenated alkanes) is 1. The predicted octanol–water partition coefficient (Wildman–Crippen LogP) is 8.08. The van der Waals surface area contributed by atoms with Crippen LogP contribution < -0.4 is 29.1 Å². The highest BCUT2D eigenvalue weighted by Gasteiger charge is 2.46. The van der Waals surface area contributed by atoms with Crippen molar-refractivity contribution in [3.63, 3.8) is 0 Å². The number of allylic oxidation sites excluding steroid dienone is 1. The minimum absolute atomic E-state index is 0.0533. The van der Waals surface area contributed by atoms with Crippen LogP contribution in [-0.2, 0) is 16.1 Å². The Hall–Kier alpha value is -6.33. The lowest BCUT2D eigenvalue weighted by molar-refractivity contribution is -0.120. The van der Waals surface area contributed by atoms with Gasteiger partial charge in [-0.2, -0.15) is 0 Å². The third kappa shape index (κ3) is 11.2. The zero-order valence-electron chi connectivity index (χ0n) is 41.7. The van der Waals surface area contributed by atoms with Gasteiger partial charge in [0.25, 0.3) is 11.8 Å². The van der Waals surface area contributed by atoms with Gasteiger partial charge in [-0.05, 0) is 67.9 Å². The molecule has 0 saturated carbocycles. The molecule has 4 aliphatic heterocycles. The van der Waals surface area contributed by atoms with Crippen molar-refractivity contribution in [2.24, 2.45) is 21.7 Å². The Balaban J connectivity index is 1.02. The summed E-state index contributed by atoms with van der Waals surface area (Å²) >= 11 is 0. The summed E-state index contributed by atoms with van der Waals surface area (Å²) in [6.07, 6.45) is 5.77. The van der Waals surface area contributed by atoms with E-state index < -0.39 is 29.7 Å². The lowest BCUT2D eigenvalue weighted by Crippen LogP contribution is -2.50. The van der Waals surface area contributed by atoms with Gasteiger partial charge < -0.3 is 53.7 Å².